The summed E-state index contributed by atoms with van der Waals surface area (Å²) in [7, 11) is 3.56. The van der Waals surface area contributed by atoms with Crippen LogP contribution in [0.1, 0.15) is 27.2 Å². The predicted octanol–water partition coefficient (Wildman–Crippen LogP) is 2.93. The van der Waals surface area contributed by atoms with Crippen LogP contribution in [0.5, 0.6) is 5.75 Å². The molecule has 32 heavy (non-hydrogen) atoms. The molecule has 0 saturated heterocycles. The Labute approximate surface area is 186 Å². The molecule has 5 rings (SSSR count). The van der Waals surface area contributed by atoms with Crippen molar-refractivity contribution in [2.75, 3.05) is 13.7 Å². The van der Waals surface area contributed by atoms with Crippen LogP contribution >= 0.6 is 0 Å². The lowest BCUT2D eigenvalue weighted by Crippen LogP contribution is -2.36. The highest BCUT2D eigenvalue weighted by atomic mass is 16.5. The summed E-state index contributed by atoms with van der Waals surface area (Å²) in [6.45, 7) is 1.79. The summed E-state index contributed by atoms with van der Waals surface area (Å²) < 4.78 is 9.11. The summed E-state index contributed by atoms with van der Waals surface area (Å²) in [5.41, 5.74) is 4.75. The number of fused-ring (bicyclic) bond motifs is 1. The Kier molecular flexibility index (Phi) is 5.18. The first-order chi connectivity index (χ1) is 15.6. The number of carbonyl (C=O) groups excluding carboxylic acids is 1. The highest BCUT2D eigenvalue weighted by molar-refractivity contribution is 5.94. The Hall–Kier alpha value is -3.94. The van der Waals surface area contributed by atoms with E-state index in [-0.39, 0.29) is 5.91 Å². The third-order valence-electron chi connectivity index (χ3n) is 5.89. The first-order valence-corrected chi connectivity index (χ1v) is 10.5. The van der Waals surface area contributed by atoms with Crippen molar-refractivity contribution in [3.05, 3.63) is 83.3 Å². The third kappa shape index (κ3) is 3.64. The molecule has 8 heteroatoms. The minimum Gasteiger partial charge on any atom is -0.497 e. The van der Waals surface area contributed by atoms with Crippen molar-refractivity contribution in [3.8, 4) is 17.3 Å². The van der Waals surface area contributed by atoms with E-state index >= 15 is 0 Å². The fraction of sp³-hybridized carbons (Fsp3) is 0.250. The molecular weight excluding hydrogens is 404 g/mol. The van der Waals surface area contributed by atoms with Gasteiger partial charge in [0.05, 0.1) is 20.2 Å². The van der Waals surface area contributed by atoms with Gasteiger partial charge in [-0.3, -0.25) is 9.48 Å². The minimum atomic E-state index is -0.00106. The molecule has 8 nitrogen and oxygen atoms in total. The first-order valence-electron chi connectivity index (χ1n) is 10.5. The van der Waals surface area contributed by atoms with Gasteiger partial charge in [-0.2, -0.15) is 5.10 Å². The number of hydrogen-bond acceptors (Lipinski definition) is 5. The smallest absolute Gasteiger partial charge is 0.254 e. The van der Waals surface area contributed by atoms with Gasteiger partial charge in [0.15, 0.2) is 5.82 Å². The lowest BCUT2D eigenvalue weighted by molar-refractivity contribution is 0.0733. The number of aryl methyl sites for hydroxylation is 1. The van der Waals surface area contributed by atoms with Gasteiger partial charge in [-0.05, 0) is 29.8 Å². The Morgan fingerprint density at radius 3 is 2.62 bits per heavy atom. The van der Waals surface area contributed by atoms with E-state index in [0.717, 1.165) is 34.7 Å². The second-order valence-corrected chi connectivity index (χ2v) is 7.87. The molecule has 0 bridgehead atoms. The Bertz CT molecular complexity index is 1240. The van der Waals surface area contributed by atoms with Crippen LogP contribution in [0, 0.1) is 0 Å². The van der Waals surface area contributed by atoms with Crippen molar-refractivity contribution in [2.24, 2.45) is 7.05 Å². The van der Waals surface area contributed by atoms with Gasteiger partial charge < -0.3 is 14.2 Å². The van der Waals surface area contributed by atoms with Gasteiger partial charge in [-0.25, -0.2) is 0 Å². The van der Waals surface area contributed by atoms with Gasteiger partial charge in [0.2, 0.25) is 0 Å². The van der Waals surface area contributed by atoms with Crippen LogP contribution in [0.2, 0.25) is 0 Å². The first kappa shape index (κ1) is 20.0. The molecule has 0 unspecified atom stereocenters. The van der Waals surface area contributed by atoms with E-state index in [0.29, 0.717) is 31.0 Å². The molecule has 3 heterocycles. The largest absolute Gasteiger partial charge is 0.497 e. The van der Waals surface area contributed by atoms with Crippen molar-refractivity contribution >= 4 is 5.91 Å². The maximum atomic E-state index is 13.1. The SMILES string of the molecule is COc1ccc(C(=O)N2CCc3c(c(-c4nncn4Cc4ccccc4)nn3C)C2)cc1. The molecule has 0 fully saturated rings. The minimum absolute atomic E-state index is 0.00106. The number of amides is 1. The standard InChI is InChI=1S/C24H24N6O2/c1-28-21-12-13-29(24(31)18-8-10-19(32-2)11-9-18)15-20(21)22(27-28)23-26-25-16-30(23)14-17-6-4-3-5-7-17/h3-11,16H,12-15H2,1-2H3. The summed E-state index contributed by atoms with van der Waals surface area (Å²) >= 11 is 0. The molecule has 0 radical (unpaired) electrons. The highest BCUT2D eigenvalue weighted by Crippen LogP contribution is 2.29. The second-order valence-electron chi connectivity index (χ2n) is 7.87. The maximum Gasteiger partial charge on any atom is 0.254 e. The van der Waals surface area contributed by atoms with Gasteiger partial charge in [0, 0.05) is 36.8 Å². The van der Waals surface area contributed by atoms with E-state index < -0.39 is 0 Å². The number of ether oxygens (including phenoxy) is 1. The predicted molar refractivity (Wildman–Crippen MR) is 119 cm³/mol. The fourth-order valence-electron chi connectivity index (χ4n) is 4.20. The average molecular weight is 428 g/mol. The number of nitrogens with zero attached hydrogens (tertiary/aromatic N) is 6. The van der Waals surface area contributed by atoms with Crippen molar-refractivity contribution < 1.29 is 9.53 Å². The quantitative estimate of drug-likeness (QED) is 0.488. The molecule has 2 aromatic carbocycles. The van der Waals surface area contributed by atoms with Crippen molar-refractivity contribution in [1.82, 2.24) is 29.4 Å². The van der Waals surface area contributed by atoms with Gasteiger partial charge in [0.1, 0.15) is 17.8 Å². The molecule has 4 aromatic rings. The van der Waals surface area contributed by atoms with Crippen LogP contribution in [-0.2, 0) is 26.6 Å². The van der Waals surface area contributed by atoms with E-state index in [1.165, 1.54) is 0 Å². The summed E-state index contributed by atoms with van der Waals surface area (Å²) in [5.74, 6) is 1.44. The zero-order chi connectivity index (χ0) is 22.1. The van der Waals surface area contributed by atoms with E-state index in [1.54, 1.807) is 25.6 Å². The summed E-state index contributed by atoms with van der Waals surface area (Å²) in [4.78, 5) is 15.0. The molecule has 1 amide bonds. The van der Waals surface area contributed by atoms with E-state index in [4.69, 9.17) is 9.84 Å². The van der Waals surface area contributed by atoms with Gasteiger partial charge in [-0.1, -0.05) is 30.3 Å². The summed E-state index contributed by atoms with van der Waals surface area (Å²) in [5, 5.41) is 13.3. The monoisotopic (exact) mass is 428 g/mol. The van der Waals surface area contributed by atoms with Crippen LogP contribution in [0.25, 0.3) is 11.5 Å². The fourth-order valence-corrected chi connectivity index (χ4v) is 4.20. The average Bonchev–Trinajstić information content (AvgIpc) is 3.42. The number of aromatic nitrogens is 5. The molecule has 162 valence electrons. The zero-order valence-electron chi connectivity index (χ0n) is 18.1. The molecule has 0 spiro atoms. The van der Waals surface area contributed by atoms with Gasteiger partial charge >= 0.3 is 0 Å². The number of methoxy groups -OCH3 is 1. The molecule has 2 aromatic heterocycles. The number of rotatable bonds is 5. The van der Waals surface area contributed by atoms with Crippen LogP contribution in [0.3, 0.4) is 0 Å². The Balaban J connectivity index is 1.44. The lowest BCUT2D eigenvalue weighted by atomic mass is 10.0. The van der Waals surface area contributed by atoms with Crippen LogP contribution in [-0.4, -0.2) is 49.0 Å². The molecule has 0 N–H and O–H groups in total. The van der Waals surface area contributed by atoms with Crippen molar-refractivity contribution in [1.29, 1.82) is 0 Å². The van der Waals surface area contributed by atoms with Crippen molar-refractivity contribution in [3.63, 3.8) is 0 Å². The molecule has 0 aliphatic carbocycles. The number of benzene rings is 2. The van der Waals surface area contributed by atoms with E-state index in [9.17, 15) is 4.79 Å². The maximum absolute atomic E-state index is 13.1. The zero-order valence-corrected chi connectivity index (χ0v) is 18.1. The second kappa shape index (κ2) is 8.30. The molecule has 1 aliphatic heterocycles. The molecule has 0 atom stereocenters. The van der Waals surface area contributed by atoms with Crippen LogP contribution < -0.4 is 4.74 Å². The topological polar surface area (TPSA) is 78.1 Å². The third-order valence-corrected chi connectivity index (χ3v) is 5.89. The number of carbonyl (C=O) groups is 1. The van der Waals surface area contributed by atoms with Crippen LogP contribution in [0.15, 0.2) is 60.9 Å². The van der Waals surface area contributed by atoms with Gasteiger partial charge in [-0.15, -0.1) is 10.2 Å². The Morgan fingerprint density at radius 1 is 1.09 bits per heavy atom. The molecule has 1 aliphatic rings. The number of hydrogen-bond donors (Lipinski definition) is 0. The van der Waals surface area contributed by atoms with Crippen molar-refractivity contribution in [2.45, 2.75) is 19.5 Å². The lowest BCUT2D eigenvalue weighted by Gasteiger charge is -2.27. The van der Waals surface area contributed by atoms with Gasteiger partial charge in [0.25, 0.3) is 5.91 Å². The van der Waals surface area contributed by atoms with E-state index in [1.807, 2.05) is 51.5 Å². The molecular formula is C24H24N6O2. The molecule has 0 saturated carbocycles. The van der Waals surface area contributed by atoms with Crippen LogP contribution in [0.4, 0.5) is 0 Å². The van der Waals surface area contributed by atoms with E-state index in [2.05, 4.69) is 22.3 Å². The Morgan fingerprint density at radius 2 is 1.88 bits per heavy atom. The highest BCUT2D eigenvalue weighted by Gasteiger charge is 2.29. The normalized spacial score (nSPS) is 13.1. The summed E-state index contributed by atoms with van der Waals surface area (Å²) in [6, 6.07) is 17.4. The summed E-state index contributed by atoms with van der Waals surface area (Å²) in [6.07, 6.45) is 2.47.